The predicted molar refractivity (Wildman–Crippen MR) is 78.7 cm³/mol. The highest BCUT2D eigenvalue weighted by Gasteiger charge is 2.25. The molecule has 0 amide bonds. The van der Waals surface area contributed by atoms with Crippen molar-refractivity contribution in [1.29, 1.82) is 0 Å². The van der Waals surface area contributed by atoms with Crippen molar-refractivity contribution in [2.75, 3.05) is 20.3 Å². The van der Waals surface area contributed by atoms with Crippen LogP contribution in [0.4, 0.5) is 0 Å². The molecule has 0 spiro atoms. The van der Waals surface area contributed by atoms with Gasteiger partial charge in [-0.05, 0) is 17.5 Å². The fourth-order valence-corrected chi connectivity index (χ4v) is 2.76. The smallest absolute Gasteiger partial charge is 0.0587 e. The molecule has 1 aliphatic rings. The average Bonchev–Trinajstić information content (AvgIpc) is 2.89. The SMILES string of the molecule is COCCNCc1cnn(CC2Cc3ccccc32)c1. The van der Waals surface area contributed by atoms with Gasteiger partial charge < -0.3 is 10.1 Å². The molecule has 0 aliphatic heterocycles. The molecular weight excluding hydrogens is 250 g/mol. The van der Waals surface area contributed by atoms with Crippen molar-refractivity contribution in [3.63, 3.8) is 0 Å². The summed E-state index contributed by atoms with van der Waals surface area (Å²) in [5.41, 5.74) is 4.21. The van der Waals surface area contributed by atoms with E-state index in [4.69, 9.17) is 4.74 Å². The number of aromatic nitrogens is 2. The monoisotopic (exact) mass is 271 g/mol. The molecule has 0 saturated carbocycles. The molecule has 1 atom stereocenters. The van der Waals surface area contributed by atoms with Crippen LogP contribution in [0.1, 0.15) is 22.6 Å². The van der Waals surface area contributed by atoms with Crippen LogP contribution < -0.4 is 5.32 Å². The Morgan fingerprint density at radius 2 is 2.30 bits per heavy atom. The summed E-state index contributed by atoms with van der Waals surface area (Å²) in [5.74, 6) is 0.625. The molecule has 0 bridgehead atoms. The second-order valence-electron chi connectivity index (χ2n) is 5.34. The molecule has 1 aromatic heterocycles. The van der Waals surface area contributed by atoms with Gasteiger partial charge in [0.1, 0.15) is 0 Å². The van der Waals surface area contributed by atoms with Crippen LogP contribution in [0.2, 0.25) is 0 Å². The van der Waals surface area contributed by atoms with Gasteiger partial charge in [0, 0.05) is 44.4 Å². The Balaban J connectivity index is 1.51. The van der Waals surface area contributed by atoms with Gasteiger partial charge in [0.2, 0.25) is 0 Å². The predicted octanol–water partition coefficient (Wildman–Crippen LogP) is 1.96. The van der Waals surface area contributed by atoms with Crippen molar-refractivity contribution in [2.24, 2.45) is 0 Å². The normalized spacial score (nSPS) is 16.8. The lowest BCUT2D eigenvalue weighted by Gasteiger charge is -2.29. The molecule has 4 heteroatoms. The zero-order valence-corrected chi connectivity index (χ0v) is 11.9. The lowest BCUT2D eigenvalue weighted by molar-refractivity contribution is 0.199. The topological polar surface area (TPSA) is 39.1 Å². The van der Waals surface area contributed by atoms with Gasteiger partial charge in [0.05, 0.1) is 12.8 Å². The number of fused-ring (bicyclic) bond motifs is 1. The summed E-state index contributed by atoms with van der Waals surface area (Å²) in [6, 6.07) is 8.70. The Labute approximate surface area is 119 Å². The van der Waals surface area contributed by atoms with Crippen LogP contribution in [0, 0.1) is 0 Å². The first-order valence-electron chi connectivity index (χ1n) is 7.15. The number of hydrogen-bond acceptors (Lipinski definition) is 3. The first-order chi connectivity index (χ1) is 9.86. The van der Waals surface area contributed by atoms with Gasteiger partial charge in [0.25, 0.3) is 0 Å². The molecular formula is C16H21N3O. The summed E-state index contributed by atoms with van der Waals surface area (Å²) in [5, 5.41) is 7.79. The highest BCUT2D eigenvalue weighted by molar-refractivity contribution is 5.39. The highest BCUT2D eigenvalue weighted by Crippen LogP contribution is 2.35. The number of ether oxygens (including phenoxy) is 1. The van der Waals surface area contributed by atoms with Gasteiger partial charge in [-0.2, -0.15) is 5.10 Å². The van der Waals surface area contributed by atoms with E-state index in [2.05, 4.69) is 45.6 Å². The van der Waals surface area contributed by atoms with Crippen LogP contribution >= 0.6 is 0 Å². The standard InChI is InChI=1S/C16H21N3O/c1-20-7-6-17-9-13-10-18-19(11-13)12-15-8-14-4-2-3-5-16(14)15/h2-5,10-11,15,17H,6-9,12H2,1H3. The van der Waals surface area contributed by atoms with Gasteiger partial charge in [0.15, 0.2) is 0 Å². The van der Waals surface area contributed by atoms with Crippen LogP contribution in [0.3, 0.4) is 0 Å². The van der Waals surface area contributed by atoms with E-state index < -0.39 is 0 Å². The molecule has 0 saturated heterocycles. The number of hydrogen-bond donors (Lipinski definition) is 1. The first-order valence-corrected chi connectivity index (χ1v) is 7.15. The maximum atomic E-state index is 5.01. The maximum Gasteiger partial charge on any atom is 0.0587 e. The van der Waals surface area contributed by atoms with Gasteiger partial charge in [-0.3, -0.25) is 4.68 Å². The second kappa shape index (κ2) is 6.20. The van der Waals surface area contributed by atoms with Crippen LogP contribution in [0.5, 0.6) is 0 Å². The molecule has 0 radical (unpaired) electrons. The number of nitrogens with one attached hydrogen (secondary N) is 1. The van der Waals surface area contributed by atoms with Crippen molar-refractivity contribution in [3.05, 3.63) is 53.3 Å². The molecule has 0 fully saturated rings. The Morgan fingerprint density at radius 1 is 1.40 bits per heavy atom. The van der Waals surface area contributed by atoms with Gasteiger partial charge in [-0.15, -0.1) is 0 Å². The minimum absolute atomic E-state index is 0.625. The minimum Gasteiger partial charge on any atom is -0.383 e. The third-order valence-electron chi connectivity index (χ3n) is 3.87. The van der Waals surface area contributed by atoms with Crippen molar-refractivity contribution in [3.8, 4) is 0 Å². The zero-order valence-electron chi connectivity index (χ0n) is 11.9. The lowest BCUT2D eigenvalue weighted by Crippen LogP contribution is -2.22. The van der Waals surface area contributed by atoms with Crippen molar-refractivity contribution >= 4 is 0 Å². The molecule has 1 heterocycles. The summed E-state index contributed by atoms with van der Waals surface area (Å²) in [6.07, 6.45) is 5.27. The van der Waals surface area contributed by atoms with E-state index in [1.54, 1.807) is 7.11 Å². The molecule has 20 heavy (non-hydrogen) atoms. The Hall–Kier alpha value is -1.65. The Bertz CT molecular complexity index is 564. The molecule has 3 rings (SSSR count). The summed E-state index contributed by atoms with van der Waals surface area (Å²) in [7, 11) is 1.72. The van der Waals surface area contributed by atoms with E-state index in [-0.39, 0.29) is 0 Å². The first kappa shape index (κ1) is 13.3. The molecule has 106 valence electrons. The number of methoxy groups -OCH3 is 1. The van der Waals surface area contributed by atoms with Gasteiger partial charge in [-0.25, -0.2) is 0 Å². The van der Waals surface area contributed by atoms with Crippen molar-refractivity contribution in [1.82, 2.24) is 15.1 Å². The number of nitrogens with zero attached hydrogens (tertiary/aromatic N) is 2. The maximum absolute atomic E-state index is 5.01. The van der Waals surface area contributed by atoms with Crippen LogP contribution in [-0.4, -0.2) is 30.0 Å². The quantitative estimate of drug-likeness (QED) is 0.782. The largest absolute Gasteiger partial charge is 0.383 e. The van der Waals surface area contributed by atoms with Crippen LogP contribution in [0.15, 0.2) is 36.7 Å². The zero-order chi connectivity index (χ0) is 13.8. The van der Waals surface area contributed by atoms with Gasteiger partial charge >= 0.3 is 0 Å². The van der Waals surface area contributed by atoms with E-state index in [1.165, 1.54) is 23.1 Å². The van der Waals surface area contributed by atoms with Crippen LogP contribution in [-0.2, 0) is 24.2 Å². The molecule has 4 nitrogen and oxygen atoms in total. The Kier molecular flexibility index (Phi) is 4.14. The van der Waals surface area contributed by atoms with Gasteiger partial charge in [-0.1, -0.05) is 24.3 Å². The molecule has 1 aliphatic carbocycles. The summed E-state index contributed by atoms with van der Waals surface area (Å²) < 4.78 is 7.07. The molecule has 2 aromatic rings. The fraction of sp³-hybridized carbons (Fsp3) is 0.438. The second-order valence-corrected chi connectivity index (χ2v) is 5.34. The van der Waals surface area contributed by atoms with E-state index in [0.29, 0.717) is 5.92 Å². The third-order valence-corrected chi connectivity index (χ3v) is 3.87. The third kappa shape index (κ3) is 2.92. The Morgan fingerprint density at radius 3 is 3.15 bits per heavy atom. The molecule has 1 N–H and O–H groups in total. The lowest BCUT2D eigenvalue weighted by atomic mass is 9.78. The average molecular weight is 271 g/mol. The molecule has 1 aromatic carbocycles. The highest BCUT2D eigenvalue weighted by atomic mass is 16.5. The number of rotatable bonds is 7. The van der Waals surface area contributed by atoms with E-state index in [9.17, 15) is 0 Å². The summed E-state index contributed by atoms with van der Waals surface area (Å²) in [6.45, 7) is 3.45. The number of benzene rings is 1. The summed E-state index contributed by atoms with van der Waals surface area (Å²) in [4.78, 5) is 0. The molecule has 1 unspecified atom stereocenters. The minimum atomic E-state index is 0.625. The van der Waals surface area contributed by atoms with Crippen molar-refractivity contribution < 1.29 is 4.74 Å². The van der Waals surface area contributed by atoms with Crippen molar-refractivity contribution in [2.45, 2.75) is 25.4 Å². The fourth-order valence-electron chi connectivity index (χ4n) is 2.76. The van der Waals surface area contributed by atoms with E-state index in [0.717, 1.165) is 26.2 Å². The van der Waals surface area contributed by atoms with E-state index in [1.807, 2.05) is 6.20 Å². The van der Waals surface area contributed by atoms with Crippen LogP contribution in [0.25, 0.3) is 0 Å². The summed E-state index contributed by atoms with van der Waals surface area (Å²) >= 11 is 0. The van der Waals surface area contributed by atoms with E-state index >= 15 is 0 Å².